The fourth-order valence-corrected chi connectivity index (χ4v) is 1.42. The molecule has 0 aromatic carbocycles. The number of hydrogen-bond acceptors (Lipinski definition) is 1. The molecule has 0 saturated carbocycles. The molecular weight excluding hydrogens is 124 g/mol. The minimum atomic E-state index is 1.09. The normalized spacial score (nSPS) is 14.5. The third-order valence-corrected chi connectivity index (χ3v) is 1.95. The van der Waals surface area contributed by atoms with E-state index in [9.17, 15) is 0 Å². The van der Waals surface area contributed by atoms with Crippen molar-refractivity contribution in [2.24, 2.45) is 7.05 Å². The minimum absolute atomic E-state index is 1.09. The number of pyridine rings is 1. The summed E-state index contributed by atoms with van der Waals surface area (Å²) in [6, 6.07) is 4.27. The highest BCUT2D eigenvalue weighted by atomic mass is 15.1. The molecule has 0 amide bonds. The molecule has 1 aliphatic rings. The molecule has 1 aromatic rings. The summed E-state index contributed by atoms with van der Waals surface area (Å²) in [5, 5.41) is 3.33. The predicted molar refractivity (Wildman–Crippen MR) is 39.8 cm³/mol. The van der Waals surface area contributed by atoms with Gasteiger partial charge < -0.3 is 0 Å². The molecule has 0 atom stereocenters. The van der Waals surface area contributed by atoms with Crippen molar-refractivity contribution in [1.29, 1.82) is 0 Å². The summed E-state index contributed by atoms with van der Waals surface area (Å²) < 4.78 is 2.13. The smallest absolute Gasteiger partial charge is 0.274 e. The van der Waals surface area contributed by atoms with E-state index in [0.717, 1.165) is 6.54 Å². The zero-order valence-electron chi connectivity index (χ0n) is 6.09. The van der Waals surface area contributed by atoms with Crippen molar-refractivity contribution in [2.75, 3.05) is 11.9 Å². The Morgan fingerprint density at radius 1 is 1.60 bits per heavy atom. The van der Waals surface area contributed by atoms with Gasteiger partial charge in [-0.2, -0.15) is 0 Å². The van der Waals surface area contributed by atoms with E-state index in [0.29, 0.717) is 0 Å². The number of rotatable bonds is 0. The summed E-state index contributed by atoms with van der Waals surface area (Å²) in [4.78, 5) is 0. The molecule has 2 heteroatoms. The number of aromatic nitrogens is 1. The number of fused-ring (bicyclic) bond motifs is 1. The summed E-state index contributed by atoms with van der Waals surface area (Å²) in [6.07, 6.45) is 3.24. The van der Waals surface area contributed by atoms with E-state index in [1.165, 1.54) is 17.8 Å². The Morgan fingerprint density at radius 3 is 3.30 bits per heavy atom. The lowest BCUT2D eigenvalue weighted by Gasteiger charge is -1.96. The number of anilines is 1. The van der Waals surface area contributed by atoms with Crippen LogP contribution < -0.4 is 9.88 Å². The van der Waals surface area contributed by atoms with Crippen molar-refractivity contribution in [3.8, 4) is 0 Å². The fourth-order valence-electron chi connectivity index (χ4n) is 1.42. The number of nitrogens with zero attached hydrogens (tertiary/aromatic N) is 1. The van der Waals surface area contributed by atoms with Gasteiger partial charge >= 0.3 is 0 Å². The quantitative estimate of drug-likeness (QED) is 0.512. The molecule has 0 aliphatic carbocycles. The number of nitrogens with one attached hydrogen (secondary N) is 1. The van der Waals surface area contributed by atoms with E-state index in [2.05, 4.69) is 35.3 Å². The van der Waals surface area contributed by atoms with Crippen LogP contribution in [0.15, 0.2) is 18.3 Å². The van der Waals surface area contributed by atoms with Crippen molar-refractivity contribution in [1.82, 2.24) is 0 Å². The van der Waals surface area contributed by atoms with Gasteiger partial charge in [0.25, 0.3) is 5.82 Å². The molecule has 0 saturated heterocycles. The topological polar surface area (TPSA) is 15.9 Å². The molecule has 2 nitrogen and oxygen atoms in total. The van der Waals surface area contributed by atoms with Crippen molar-refractivity contribution in [2.45, 2.75) is 6.42 Å². The van der Waals surface area contributed by atoms with Gasteiger partial charge in [-0.3, -0.25) is 5.32 Å². The lowest BCUT2D eigenvalue weighted by Crippen LogP contribution is -2.30. The maximum absolute atomic E-state index is 3.33. The minimum Gasteiger partial charge on any atom is -0.274 e. The van der Waals surface area contributed by atoms with Crippen LogP contribution in [-0.2, 0) is 13.5 Å². The first-order chi connectivity index (χ1) is 4.88. The Bertz CT molecular complexity index is 255. The van der Waals surface area contributed by atoms with Crippen LogP contribution in [0.25, 0.3) is 0 Å². The summed E-state index contributed by atoms with van der Waals surface area (Å²) in [5.41, 5.74) is 1.44. The highest BCUT2D eigenvalue weighted by Crippen LogP contribution is 2.15. The van der Waals surface area contributed by atoms with Crippen LogP contribution in [0.3, 0.4) is 0 Å². The largest absolute Gasteiger partial charge is 0.277 e. The van der Waals surface area contributed by atoms with Gasteiger partial charge in [-0.1, -0.05) is 0 Å². The second-order valence-corrected chi connectivity index (χ2v) is 2.67. The zero-order valence-corrected chi connectivity index (χ0v) is 6.09. The lowest BCUT2D eigenvalue weighted by atomic mass is 10.2. The zero-order chi connectivity index (χ0) is 6.97. The van der Waals surface area contributed by atoms with Crippen LogP contribution in [0, 0.1) is 0 Å². The second kappa shape index (κ2) is 1.97. The van der Waals surface area contributed by atoms with Gasteiger partial charge in [0.15, 0.2) is 0 Å². The van der Waals surface area contributed by atoms with E-state index in [4.69, 9.17) is 0 Å². The van der Waals surface area contributed by atoms with Crippen molar-refractivity contribution in [3.05, 3.63) is 23.9 Å². The van der Waals surface area contributed by atoms with Gasteiger partial charge in [0.05, 0.1) is 19.8 Å². The number of hydrogen-bond donors (Lipinski definition) is 1. The summed E-state index contributed by atoms with van der Waals surface area (Å²) in [6.45, 7) is 1.09. The molecule has 10 heavy (non-hydrogen) atoms. The average Bonchev–Trinajstić information content (AvgIpc) is 2.36. The fraction of sp³-hybridized carbons (Fsp3) is 0.375. The van der Waals surface area contributed by atoms with Crippen LogP contribution in [-0.4, -0.2) is 6.54 Å². The molecule has 0 bridgehead atoms. The predicted octanol–water partition coefficient (Wildman–Crippen LogP) is 0.479. The molecule has 1 aliphatic heterocycles. The standard InChI is InChI=1S/C8H10N2/c1-10-6-2-3-7-4-5-9-8(7)10/h2-3,6H,4-5H2,1H3/p+1. The molecule has 1 aromatic heterocycles. The Morgan fingerprint density at radius 2 is 2.50 bits per heavy atom. The molecule has 0 radical (unpaired) electrons. The van der Waals surface area contributed by atoms with Gasteiger partial charge in [-0.25, -0.2) is 4.57 Å². The number of aryl methyl sites for hydroxylation is 1. The summed E-state index contributed by atoms with van der Waals surface area (Å²) >= 11 is 0. The van der Waals surface area contributed by atoms with E-state index >= 15 is 0 Å². The molecule has 2 rings (SSSR count). The molecule has 0 unspecified atom stereocenters. The van der Waals surface area contributed by atoms with Gasteiger partial charge in [0, 0.05) is 12.0 Å². The third-order valence-electron chi connectivity index (χ3n) is 1.95. The SMILES string of the molecule is C[n+]1cccc2c1NCC2. The van der Waals surface area contributed by atoms with Crippen LogP contribution in [0.4, 0.5) is 5.82 Å². The molecule has 0 fully saturated rings. The summed E-state index contributed by atoms with van der Waals surface area (Å²) in [5.74, 6) is 1.28. The van der Waals surface area contributed by atoms with E-state index in [1.807, 2.05) is 0 Å². The van der Waals surface area contributed by atoms with Gasteiger partial charge in [0.1, 0.15) is 0 Å². The first kappa shape index (κ1) is 5.71. The Labute approximate surface area is 60.5 Å². The van der Waals surface area contributed by atoms with Gasteiger partial charge in [-0.05, 0) is 12.1 Å². The highest BCUT2D eigenvalue weighted by Gasteiger charge is 2.17. The lowest BCUT2D eigenvalue weighted by molar-refractivity contribution is -0.657. The van der Waals surface area contributed by atoms with E-state index in [-0.39, 0.29) is 0 Å². The van der Waals surface area contributed by atoms with Crippen molar-refractivity contribution < 1.29 is 4.57 Å². The van der Waals surface area contributed by atoms with Crippen LogP contribution >= 0.6 is 0 Å². The Balaban J connectivity index is 2.59. The van der Waals surface area contributed by atoms with Crippen LogP contribution in [0.2, 0.25) is 0 Å². The van der Waals surface area contributed by atoms with Gasteiger partial charge in [0.2, 0.25) is 0 Å². The van der Waals surface area contributed by atoms with E-state index in [1.54, 1.807) is 0 Å². The van der Waals surface area contributed by atoms with Crippen molar-refractivity contribution in [3.63, 3.8) is 0 Å². The first-order valence-electron chi connectivity index (χ1n) is 3.59. The molecule has 52 valence electrons. The Kier molecular flexibility index (Phi) is 1.13. The van der Waals surface area contributed by atoms with Crippen LogP contribution in [0.5, 0.6) is 0 Å². The average molecular weight is 135 g/mol. The maximum Gasteiger partial charge on any atom is 0.277 e. The van der Waals surface area contributed by atoms with Gasteiger partial charge in [-0.15, -0.1) is 0 Å². The van der Waals surface area contributed by atoms with E-state index < -0.39 is 0 Å². The molecule has 0 spiro atoms. The van der Waals surface area contributed by atoms with Crippen LogP contribution in [0.1, 0.15) is 5.56 Å². The molecule has 1 N–H and O–H groups in total. The Hall–Kier alpha value is -1.05. The second-order valence-electron chi connectivity index (χ2n) is 2.67. The molecule has 2 heterocycles. The van der Waals surface area contributed by atoms with Crippen molar-refractivity contribution >= 4 is 5.82 Å². The first-order valence-corrected chi connectivity index (χ1v) is 3.59. The summed E-state index contributed by atoms with van der Waals surface area (Å²) in [7, 11) is 2.07. The third kappa shape index (κ3) is 0.685. The molecular formula is C8H11N2+. The maximum atomic E-state index is 3.33. The highest BCUT2D eigenvalue weighted by molar-refractivity contribution is 5.43. The monoisotopic (exact) mass is 135 g/mol.